The highest BCUT2D eigenvalue weighted by Gasteiger charge is 2.26. The zero-order chi connectivity index (χ0) is 21.3. The number of Topliss-reactive ketones (excluding diaryl/α,β-unsaturated/α-hetero) is 1. The summed E-state index contributed by atoms with van der Waals surface area (Å²) in [4.78, 5) is 12.8. The summed E-state index contributed by atoms with van der Waals surface area (Å²) in [6, 6.07) is 18.6. The van der Waals surface area contributed by atoms with E-state index in [4.69, 9.17) is 0 Å². The van der Waals surface area contributed by atoms with E-state index < -0.39 is 15.8 Å². The van der Waals surface area contributed by atoms with Gasteiger partial charge in [0.25, 0.3) is 10.0 Å². The zero-order valence-corrected chi connectivity index (χ0v) is 16.8. The summed E-state index contributed by atoms with van der Waals surface area (Å²) in [5, 5.41) is 3.06. The second-order valence-corrected chi connectivity index (χ2v) is 8.44. The van der Waals surface area contributed by atoms with Crippen LogP contribution in [-0.4, -0.2) is 19.9 Å². The molecule has 1 aliphatic rings. The maximum atomic E-state index is 13.2. The second-order valence-electron chi connectivity index (χ2n) is 6.83. The summed E-state index contributed by atoms with van der Waals surface area (Å²) in [5.41, 5.74) is 2.83. The Morgan fingerprint density at radius 2 is 1.60 bits per heavy atom. The third-order valence-corrected chi connectivity index (χ3v) is 5.91. The Kier molecular flexibility index (Phi) is 5.05. The highest BCUT2D eigenvalue weighted by atomic mass is 32.2. The average molecular weight is 420 g/mol. The summed E-state index contributed by atoms with van der Waals surface area (Å²) >= 11 is 0. The van der Waals surface area contributed by atoms with Gasteiger partial charge in [-0.15, -0.1) is 0 Å². The maximum absolute atomic E-state index is 13.2. The molecule has 0 fully saturated rings. The number of aryl methyl sites for hydroxylation is 1. The normalized spacial score (nSPS) is 14.9. The zero-order valence-electron chi connectivity index (χ0n) is 16.0. The lowest BCUT2D eigenvalue weighted by molar-refractivity contribution is 0.103. The highest BCUT2D eigenvalue weighted by molar-refractivity contribution is 7.90. The number of ketones is 1. The minimum Gasteiger partial charge on any atom is -0.352 e. The van der Waals surface area contributed by atoms with Gasteiger partial charge in [0.15, 0.2) is 0 Å². The van der Waals surface area contributed by atoms with Gasteiger partial charge in [0.1, 0.15) is 5.82 Å². The van der Waals surface area contributed by atoms with E-state index in [2.05, 4.69) is 9.71 Å². The Hall–Kier alpha value is -3.58. The molecule has 1 N–H and O–H groups in total. The Bertz CT molecular complexity index is 1310. The summed E-state index contributed by atoms with van der Waals surface area (Å²) < 4.78 is 42.7. The molecule has 150 valence electrons. The van der Waals surface area contributed by atoms with E-state index in [0.717, 1.165) is 29.8 Å². The number of rotatable bonds is 4. The summed E-state index contributed by atoms with van der Waals surface area (Å²) in [7, 11) is -4.10. The van der Waals surface area contributed by atoms with Crippen LogP contribution in [0.25, 0.3) is 0 Å². The van der Waals surface area contributed by atoms with E-state index in [1.165, 1.54) is 6.08 Å². The van der Waals surface area contributed by atoms with Gasteiger partial charge in [-0.25, -0.2) is 4.39 Å². The molecule has 0 atom stereocenters. The van der Waals surface area contributed by atoms with Crippen LogP contribution in [0.1, 0.15) is 21.5 Å². The number of halogens is 1. The van der Waals surface area contributed by atoms with Crippen LogP contribution < -0.4 is 5.32 Å². The maximum Gasteiger partial charge on any atom is 0.282 e. The van der Waals surface area contributed by atoms with Gasteiger partial charge in [0.2, 0.25) is 5.78 Å². The van der Waals surface area contributed by atoms with Gasteiger partial charge in [-0.05, 0) is 55.0 Å². The molecule has 3 aromatic carbocycles. The molecule has 0 unspecified atom stereocenters. The van der Waals surface area contributed by atoms with Gasteiger partial charge in [-0.1, -0.05) is 36.4 Å². The van der Waals surface area contributed by atoms with Gasteiger partial charge in [-0.2, -0.15) is 12.8 Å². The van der Waals surface area contributed by atoms with Crippen LogP contribution in [0.2, 0.25) is 0 Å². The van der Waals surface area contributed by atoms with E-state index in [1.807, 2.05) is 31.2 Å². The number of carbonyl (C=O) groups excluding carboxylic acids is 1. The van der Waals surface area contributed by atoms with Crippen LogP contribution >= 0.6 is 0 Å². The van der Waals surface area contributed by atoms with Crippen molar-refractivity contribution in [2.45, 2.75) is 11.8 Å². The van der Waals surface area contributed by atoms with E-state index in [-0.39, 0.29) is 22.1 Å². The molecular formula is C23H17FN2O3S. The molecule has 0 radical (unpaired) electrons. The van der Waals surface area contributed by atoms with E-state index in [9.17, 15) is 17.6 Å². The minimum absolute atomic E-state index is 0.129. The molecule has 5 nitrogen and oxygen atoms in total. The van der Waals surface area contributed by atoms with E-state index in [0.29, 0.717) is 16.8 Å². The molecule has 4 rings (SSSR count). The van der Waals surface area contributed by atoms with Crippen molar-refractivity contribution in [2.75, 3.05) is 5.32 Å². The highest BCUT2D eigenvalue weighted by Crippen LogP contribution is 2.25. The monoisotopic (exact) mass is 420 g/mol. The van der Waals surface area contributed by atoms with Gasteiger partial charge >= 0.3 is 0 Å². The van der Waals surface area contributed by atoms with Crippen LogP contribution in [0.15, 0.2) is 93.9 Å². The largest absolute Gasteiger partial charge is 0.352 e. The van der Waals surface area contributed by atoms with Crippen LogP contribution in [0.5, 0.6) is 0 Å². The molecule has 7 heteroatoms. The Morgan fingerprint density at radius 3 is 2.30 bits per heavy atom. The average Bonchev–Trinajstić information content (AvgIpc) is 2.72. The standard InChI is InChI=1S/C23H17FN2O3S/c1-15-5-4-6-17(13-15)25-22-14-21(19-7-2-3-8-20(19)23(22)27)26-30(28,29)18-11-9-16(24)10-12-18/h2-14,25H,1H3/b26-21+. The van der Waals surface area contributed by atoms with Gasteiger partial charge < -0.3 is 5.32 Å². The Balaban J connectivity index is 1.81. The fourth-order valence-electron chi connectivity index (χ4n) is 3.17. The topological polar surface area (TPSA) is 75.6 Å². The molecule has 0 aliphatic heterocycles. The third-order valence-electron chi connectivity index (χ3n) is 4.60. The molecule has 3 aromatic rings. The van der Waals surface area contributed by atoms with Crippen LogP contribution in [0, 0.1) is 12.7 Å². The van der Waals surface area contributed by atoms with Crippen molar-refractivity contribution in [1.29, 1.82) is 0 Å². The lowest BCUT2D eigenvalue weighted by Crippen LogP contribution is -2.22. The molecular weight excluding hydrogens is 403 g/mol. The predicted molar refractivity (Wildman–Crippen MR) is 114 cm³/mol. The molecule has 1 aliphatic carbocycles. The van der Waals surface area contributed by atoms with Crippen molar-refractivity contribution in [3.05, 3.63) is 107 Å². The molecule has 0 bridgehead atoms. The lowest BCUT2D eigenvalue weighted by atomic mass is 9.92. The van der Waals surface area contributed by atoms with Gasteiger partial charge in [0.05, 0.1) is 16.3 Å². The Morgan fingerprint density at radius 1 is 0.900 bits per heavy atom. The number of hydrogen-bond donors (Lipinski definition) is 1. The number of fused-ring (bicyclic) bond motifs is 1. The van der Waals surface area contributed by atoms with E-state index >= 15 is 0 Å². The quantitative estimate of drug-likeness (QED) is 0.674. The number of nitrogens with zero attached hydrogens (tertiary/aromatic N) is 1. The minimum atomic E-state index is -4.10. The van der Waals surface area contributed by atoms with Crippen molar-refractivity contribution in [1.82, 2.24) is 0 Å². The third kappa shape index (κ3) is 3.92. The fourth-order valence-corrected chi connectivity index (χ4v) is 4.16. The van der Waals surface area contributed by atoms with Gasteiger partial charge in [0, 0.05) is 16.8 Å². The number of nitrogens with one attached hydrogen (secondary N) is 1. The van der Waals surface area contributed by atoms with Crippen molar-refractivity contribution in [3.63, 3.8) is 0 Å². The number of carbonyl (C=O) groups is 1. The molecule has 0 saturated heterocycles. The number of sulfonamides is 1. The number of hydrogen-bond acceptors (Lipinski definition) is 4. The van der Waals surface area contributed by atoms with Crippen molar-refractivity contribution >= 4 is 27.2 Å². The Labute approximate surface area is 173 Å². The summed E-state index contributed by atoms with van der Waals surface area (Å²) in [6.45, 7) is 1.93. The first kappa shape index (κ1) is 19.7. The van der Waals surface area contributed by atoms with Crippen LogP contribution in [0.4, 0.5) is 10.1 Å². The molecule has 0 aromatic heterocycles. The van der Waals surface area contributed by atoms with Crippen LogP contribution in [0.3, 0.4) is 0 Å². The SMILES string of the molecule is Cc1cccc(NC2=C/C(=N\S(=O)(=O)c3ccc(F)cc3)c3ccccc3C2=O)c1. The second kappa shape index (κ2) is 7.68. The number of anilines is 1. The number of allylic oxidation sites excluding steroid dienone is 2. The summed E-state index contributed by atoms with van der Waals surface area (Å²) in [6.07, 6.45) is 1.42. The first-order valence-corrected chi connectivity index (χ1v) is 10.6. The molecule has 0 saturated carbocycles. The molecule has 0 spiro atoms. The fraction of sp³-hybridized carbons (Fsp3) is 0.0435. The smallest absolute Gasteiger partial charge is 0.282 e. The first-order chi connectivity index (χ1) is 14.3. The van der Waals surface area contributed by atoms with Crippen molar-refractivity contribution in [3.8, 4) is 0 Å². The predicted octanol–water partition coefficient (Wildman–Crippen LogP) is 4.50. The molecule has 30 heavy (non-hydrogen) atoms. The van der Waals surface area contributed by atoms with E-state index in [1.54, 1.807) is 24.3 Å². The van der Waals surface area contributed by atoms with Crippen LogP contribution in [-0.2, 0) is 10.0 Å². The summed E-state index contributed by atoms with van der Waals surface area (Å²) in [5.74, 6) is -0.801. The number of benzene rings is 3. The van der Waals surface area contributed by atoms with Crippen molar-refractivity contribution < 1.29 is 17.6 Å². The van der Waals surface area contributed by atoms with Crippen molar-refractivity contribution in [2.24, 2.45) is 4.40 Å². The lowest BCUT2D eigenvalue weighted by Gasteiger charge is -2.19. The molecule has 0 heterocycles. The first-order valence-electron chi connectivity index (χ1n) is 9.13. The van der Waals surface area contributed by atoms with Gasteiger partial charge in [-0.3, -0.25) is 4.79 Å². The molecule has 0 amide bonds.